The number of aliphatic hydroxyl groups excluding tert-OH is 1. The van der Waals surface area contributed by atoms with Gasteiger partial charge in [-0.2, -0.15) is 0 Å². The van der Waals surface area contributed by atoms with E-state index in [-0.39, 0.29) is 6.10 Å². The van der Waals surface area contributed by atoms with Crippen molar-refractivity contribution in [2.45, 2.75) is 59.5 Å². The minimum Gasteiger partial charge on any atom is -0.388 e. The van der Waals surface area contributed by atoms with E-state index in [1.54, 1.807) is 0 Å². The summed E-state index contributed by atoms with van der Waals surface area (Å²) in [4.78, 5) is 2.51. The Bertz CT molecular complexity index is 432. The Hall–Kier alpha value is -1.02. The molecule has 1 aromatic rings. The molecule has 0 radical (unpaired) electrons. The van der Waals surface area contributed by atoms with E-state index < -0.39 is 0 Å². The van der Waals surface area contributed by atoms with Crippen molar-refractivity contribution in [1.29, 1.82) is 0 Å². The lowest BCUT2D eigenvalue weighted by molar-refractivity contribution is 0.173. The highest BCUT2D eigenvalue weighted by atomic mass is 16.3. The third kappa shape index (κ3) is 4.23. The standard InChI is InChI=1S/C19H31NO/c1-5-18(21)15-8-10-17(11-9-15)20-13-6-7-16(12-14-20)19(2,3)4/h8-11,16,18,21H,5-7,12-14H2,1-4H3/t16?,18-/m1/s1. The van der Waals surface area contributed by atoms with Crippen molar-refractivity contribution >= 4 is 5.69 Å². The third-order valence-corrected chi connectivity index (χ3v) is 4.98. The molecule has 1 N–H and O–H groups in total. The number of nitrogens with zero attached hydrogens (tertiary/aromatic N) is 1. The topological polar surface area (TPSA) is 23.5 Å². The molecule has 0 aliphatic carbocycles. The van der Waals surface area contributed by atoms with Gasteiger partial charge in [-0.1, -0.05) is 39.8 Å². The molecule has 1 aliphatic heterocycles. The number of hydrogen-bond acceptors (Lipinski definition) is 2. The summed E-state index contributed by atoms with van der Waals surface area (Å²) in [5.41, 5.74) is 2.76. The van der Waals surface area contributed by atoms with Crippen molar-refractivity contribution in [3.05, 3.63) is 29.8 Å². The van der Waals surface area contributed by atoms with E-state index in [1.165, 1.54) is 24.9 Å². The van der Waals surface area contributed by atoms with Crippen LogP contribution in [0.25, 0.3) is 0 Å². The van der Waals surface area contributed by atoms with Gasteiger partial charge >= 0.3 is 0 Å². The van der Waals surface area contributed by atoms with Crippen LogP contribution in [0.3, 0.4) is 0 Å². The van der Waals surface area contributed by atoms with E-state index in [2.05, 4.69) is 49.9 Å². The Kier molecular flexibility index (Phi) is 5.32. The second-order valence-corrected chi connectivity index (χ2v) is 7.50. The van der Waals surface area contributed by atoms with Crippen LogP contribution in [0.5, 0.6) is 0 Å². The second-order valence-electron chi connectivity index (χ2n) is 7.50. The zero-order chi connectivity index (χ0) is 15.5. The molecule has 21 heavy (non-hydrogen) atoms. The Balaban J connectivity index is 2.02. The van der Waals surface area contributed by atoms with Gasteiger partial charge in [0.05, 0.1) is 6.10 Å². The molecule has 118 valence electrons. The van der Waals surface area contributed by atoms with Crippen LogP contribution in [-0.4, -0.2) is 18.2 Å². The maximum absolute atomic E-state index is 9.89. The molecule has 1 aliphatic rings. The summed E-state index contributed by atoms with van der Waals surface area (Å²) in [5.74, 6) is 0.823. The van der Waals surface area contributed by atoms with Crippen LogP contribution in [0, 0.1) is 11.3 Å². The van der Waals surface area contributed by atoms with Gasteiger partial charge in [0.2, 0.25) is 0 Å². The monoisotopic (exact) mass is 289 g/mol. The SMILES string of the molecule is CC[C@@H](O)c1ccc(N2CCCC(C(C)(C)C)CC2)cc1. The van der Waals surface area contributed by atoms with Crippen molar-refractivity contribution in [1.82, 2.24) is 0 Å². The van der Waals surface area contributed by atoms with Gasteiger partial charge in [-0.15, -0.1) is 0 Å². The van der Waals surface area contributed by atoms with Gasteiger partial charge in [-0.05, 0) is 54.7 Å². The van der Waals surface area contributed by atoms with Gasteiger partial charge in [-0.25, -0.2) is 0 Å². The molecule has 1 saturated heterocycles. The first-order valence-corrected chi connectivity index (χ1v) is 8.44. The van der Waals surface area contributed by atoms with Crippen LogP contribution in [0.4, 0.5) is 5.69 Å². The van der Waals surface area contributed by atoms with E-state index in [9.17, 15) is 5.11 Å². The van der Waals surface area contributed by atoms with Crippen LogP contribution < -0.4 is 4.90 Å². The Morgan fingerprint density at radius 2 is 1.81 bits per heavy atom. The highest BCUT2D eigenvalue weighted by Gasteiger charge is 2.27. The number of anilines is 1. The highest BCUT2D eigenvalue weighted by molar-refractivity contribution is 5.48. The summed E-state index contributed by atoms with van der Waals surface area (Å²) >= 11 is 0. The van der Waals surface area contributed by atoms with Crippen molar-refractivity contribution in [2.24, 2.45) is 11.3 Å². The van der Waals surface area contributed by atoms with E-state index in [4.69, 9.17) is 0 Å². The molecule has 2 heteroatoms. The molecule has 2 atom stereocenters. The first-order valence-electron chi connectivity index (χ1n) is 8.44. The fourth-order valence-electron chi connectivity index (χ4n) is 3.36. The molecule has 1 heterocycles. The zero-order valence-corrected chi connectivity index (χ0v) is 14.1. The molecule has 2 rings (SSSR count). The van der Waals surface area contributed by atoms with Crippen LogP contribution in [0.15, 0.2) is 24.3 Å². The second kappa shape index (κ2) is 6.83. The lowest BCUT2D eigenvalue weighted by Gasteiger charge is -2.30. The third-order valence-electron chi connectivity index (χ3n) is 4.98. The van der Waals surface area contributed by atoms with Crippen molar-refractivity contribution in [2.75, 3.05) is 18.0 Å². The summed E-state index contributed by atoms with van der Waals surface area (Å²) in [7, 11) is 0. The molecule has 0 spiro atoms. The van der Waals surface area contributed by atoms with Crippen molar-refractivity contribution in [3.63, 3.8) is 0 Å². The summed E-state index contributed by atoms with van der Waals surface area (Å²) in [5, 5.41) is 9.89. The highest BCUT2D eigenvalue weighted by Crippen LogP contribution is 2.35. The zero-order valence-electron chi connectivity index (χ0n) is 14.1. The lowest BCUT2D eigenvalue weighted by atomic mass is 9.77. The summed E-state index contributed by atoms with van der Waals surface area (Å²) in [6, 6.07) is 8.50. The predicted octanol–water partition coefficient (Wildman–Crippen LogP) is 4.78. The van der Waals surface area contributed by atoms with Gasteiger partial charge < -0.3 is 10.0 Å². The number of rotatable bonds is 3. The van der Waals surface area contributed by atoms with E-state index >= 15 is 0 Å². The number of hydrogen-bond donors (Lipinski definition) is 1. The molecule has 0 bridgehead atoms. The lowest BCUT2D eigenvalue weighted by Crippen LogP contribution is -2.26. The Morgan fingerprint density at radius 3 is 2.38 bits per heavy atom. The van der Waals surface area contributed by atoms with E-state index in [1.807, 2.05) is 6.92 Å². The minimum atomic E-state index is -0.326. The molecular formula is C19H31NO. The van der Waals surface area contributed by atoms with Crippen molar-refractivity contribution in [3.8, 4) is 0 Å². The van der Waals surface area contributed by atoms with Crippen LogP contribution >= 0.6 is 0 Å². The molecule has 0 saturated carbocycles. The minimum absolute atomic E-state index is 0.326. The van der Waals surface area contributed by atoms with Gasteiger partial charge in [0, 0.05) is 18.8 Å². The summed E-state index contributed by atoms with van der Waals surface area (Å²) < 4.78 is 0. The van der Waals surface area contributed by atoms with Gasteiger partial charge in [0.15, 0.2) is 0 Å². The average Bonchev–Trinajstić information content (AvgIpc) is 2.72. The molecule has 2 nitrogen and oxygen atoms in total. The largest absolute Gasteiger partial charge is 0.388 e. The Morgan fingerprint density at radius 1 is 1.14 bits per heavy atom. The molecule has 0 amide bonds. The summed E-state index contributed by atoms with van der Waals surface area (Å²) in [6.07, 6.45) is 4.35. The average molecular weight is 289 g/mol. The maximum atomic E-state index is 9.89. The van der Waals surface area contributed by atoms with Crippen LogP contribution in [0.2, 0.25) is 0 Å². The van der Waals surface area contributed by atoms with Gasteiger partial charge in [-0.3, -0.25) is 0 Å². The smallest absolute Gasteiger partial charge is 0.0787 e. The van der Waals surface area contributed by atoms with E-state index in [0.29, 0.717) is 5.41 Å². The number of aliphatic hydroxyl groups is 1. The normalized spacial score (nSPS) is 22.0. The quantitative estimate of drug-likeness (QED) is 0.865. The maximum Gasteiger partial charge on any atom is 0.0787 e. The molecule has 1 unspecified atom stereocenters. The summed E-state index contributed by atoms with van der Waals surface area (Å²) in [6.45, 7) is 11.4. The van der Waals surface area contributed by atoms with Crippen LogP contribution in [-0.2, 0) is 0 Å². The molecule has 1 fully saturated rings. The van der Waals surface area contributed by atoms with Gasteiger partial charge in [0.25, 0.3) is 0 Å². The van der Waals surface area contributed by atoms with Crippen molar-refractivity contribution < 1.29 is 5.11 Å². The fraction of sp³-hybridized carbons (Fsp3) is 0.684. The van der Waals surface area contributed by atoms with Crippen LogP contribution in [0.1, 0.15) is 65.0 Å². The van der Waals surface area contributed by atoms with E-state index in [0.717, 1.165) is 31.0 Å². The predicted molar refractivity (Wildman–Crippen MR) is 90.7 cm³/mol. The molecular weight excluding hydrogens is 258 g/mol. The molecule has 1 aromatic carbocycles. The first kappa shape index (κ1) is 16.4. The Labute approximate surface area is 130 Å². The van der Waals surface area contributed by atoms with Gasteiger partial charge in [0.1, 0.15) is 0 Å². The first-order chi connectivity index (χ1) is 9.91. The number of benzene rings is 1. The molecule has 0 aromatic heterocycles. The fourth-order valence-corrected chi connectivity index (χ4v) is 3.36.